The highest BCUT2D eigenvalue weighted by Crippen LogP contribution is 2.29. The van der Waals surface area contributed by atoms with E-state index in [4.69, 9.17) is 4.98 Å². The van der Waals surface area contributed by atoms with Gasteiger partial charge >= 0.3 is 0 Å². The molecule has 209 valence electrons. The van der Waals surface area contributed by atoms with E-state index in [-0.39, 0.29) is 36.3 Å². The Morgan fingerprint density at radius 3 is 2.35 bits per heavy atom. The number of imidazole rings is 1. The smallest absolute Gasteiger partial charge is 0.272 e. The van der Waals surface area contributed by atoms with Gasteiger partial charge in [0.1, 0.15) is 17.3 Å². The van der Waals surface area contributed by atoms with Gasteiger partial charge in [0, 0.05) is 30.4 Å². The molecule has 0 saturated carbocycles. The van der Waals surface area contributed by atoms with Gasteiger partial charge in [0.2, 0.25) is 0 Å². The summed E-state index contributed by atoms with van der Waals surface area (Å²) in [6.45, 7) is 8.29. The molecule has 2 aromatic carbocycles. The zero-order valence-electron chi connectivity index (χ0n) is 22.9. The second-order valence-electron chi connectivity index (χ2n) is 10.2. The molecule has 2 heterocycles. The molecule has 3 N–H and O–H groups in total. The molecule has 0 spiro atoms. The van der Waals surface area contributed by atoms with Crippen LogP contribution in [-0.4, -0.2) is 42.9 Å². The van der Waals surface area contributed by atoms with E-state index in [1.165, 1.54) is 12.1 Å². The highest BCUT2D eigenvalue weighted by molar-refractivity contribution is 5.94. The lowest BCUT2D eigenvalue weighted by atomic mass is 10.1. The summed E-state index contributed by atoms with van der Waals surface area (Å²) in [6, 6.07) is 19.7. The Morgan fingerprint density at radius 2 is 1.73 bits per heavy atom. The van der Waals surface area contributed by atoms with Crippen molar-refractivity contribution in [3.63, 3.8) is 0 Å². The molecular formula is C32H36FN4O3. The van der Waals surface area contributed by atoms with Crippen molar-refractivity contribution in [1.82, 2.24) is 19.9 Å². The first kappa shape index (κ1) is 29.1. The number of pyridine rings is 1. The fraction of sp³-hybridized carbons (Fsp3) is 0.312. The van der Waals surface area contributed by atoms with Crippen LogP contribution in [0, 0.1) is 12.7 Å². The van der Waals surface area contributed by atoms with Crippen molar-refractivity contribution in [2.45, 2.75) is 64.3 Å². The number of amides is 1. The number of carbonyl (C=O) groups excluding carboxylic acids is 1. The Kier molecular flexibility index (Phi) is 9.79. The number of aromatic nitrogens is 3. The molecule has 2 unspecified atom stereocenters. The van der Waals surface area contributed by atoms with Gasteiger partial charge in [0.25, 0.3) is 5.91 Å². The molecule has 0 saturated heterocycles. The summed E-state index contributed by atoms with van der Waals surface area (Å²) in [6.07, 6.45) is 1.19. The van der Waals surface area contributed by atoms with Gasteiger partial charge in [-0.2, -0.15) is 0 Å². The van der Waals surface area contributed by atoms with Crippen molar-refractivity contribution in [2.24, 2.45) is 0 Å². The van der Waals surface area contributed by atoms with Crippen LogP contribution in [0.1, 0.15) is 60.8 Å². The summed E-state index contributed by atoms with van der Waals surface area (Å²) in [7, 11) is 0. The van der Waals surface area contributed by atoms with Crippen molar-refractivity contribution in [1.29, 1.82) is 0 Å². The van der Waals surface area contributed by atoms with Crippen molar-refractivity contribution in [3.05, 3.63) is 103 Å². The molecule has 1 radical (unpaired) electrons. The molecule has 0 fully saturated rings. The SMILES string of the molecule is [CH2]CC(O)CC(O)CCn1c(-c2ccc(F)cc2)nc(C(=O)NCc2ccc(-c3ccccc3)nc2)c1C(C)C. The molecule has 4 aromatic rings. The Morgan fingerprint density at radius 1 is 1.00 bits per heavy atom. The van der Waals surface area contributed by atoms with Gasteiger partial charge in [-0.25, -0.2) is 9.37 Å². The number of aliphatic hydroxyl groups is 2. The Balaban J connectivity index is 1.58. The molecule has 1 amide bonds. The zero-order chi connectivity index (χ0) is 28.6. The number of carbonyl (C=O) groups is 1. The van der Waals surface area contributed by atoms with Crippen LogP contribution >= 0.6 is 0 Å². The second kappa shape index (κ2) is 13.5. The maximum absolute atomic E-state index is 13.7. The number of nitrogens with zero attached hydrogens (tertiary/aromatic N) is 3. The van der Waals surface area contributed by atoms with Crippen LogP contribution < -0.4 is 5.32 Å². The van der Waals surface area contributed by atoms with E-state index in [0.29, 0.717) is 30.8 Å². The van der Waals surface area contributed by atoms with Crippen molar-refractivity contribution in [3.8, 4) is 22.6 Å². The zero-order valence-corrected chi connectivity index (χ0v) is 22.9. The minimum absolute atomic E-state index is 0.0585. The maximum Gasteiger partial charge on any atom is 0.272 e. The predicted molar refractivity (Wildman–Crippen MR) is 154 cm³/mol. The summed E-state index contributed by atoms with van der Waals surface area (Å²) < 4.78 is 15.6. The number of aliphatic hydroxyl groups excluding tert-OH is 2. The van der Waals surface area contributed by atoms with E-state index in [2.05, 4.69) is 17.2 Å². The molecular weight excluding hydrogens is 507 g/mol. The fourth-order valence-corrected chi connectivity index (χ4v) is 4.67. The summed E-state index contributed by atoms with van der Waals surface area (Å²) >= 11 is 0. The quantitative estimate of drug-likeness (QED) is 0.218. The summed E-state index contributed by atoms with van der Waals surface area (Å²) in [5, 5.41) is 23.4. The first-order chi connectivity index (χ1) is 19.3. The Bertz CT molecular complexity index is 1390. The molecule has 0 aliphatic rings. The van der Waals surface area contributed by atoms with Gasteiger partial charge in [0.05, 0.1) is 23.6 Å². The third kappa shape index (κ3) is 7.20. The molecule has 4 rings (SSSR count). The first-order valence-corrected chi connectivity index (χ1v) is 13.6. The van der Waals surface area contributed by atoms with Crippen molar-refractivity contribution >= 4 is 5.91 Å². The number of rotatable bonds is 12. The van der Waals surface area contributed by atoms with Crippen LogP contribution in [0.5, 0.6) is 0 Å². The molecule has 2 aromatic heterocycles. The number of nitrogens with one attached hydrogen (secondary N) is 1. The summed E-state index contributed by atoms with van der Waals surface area (Å²) in [5.41, 5.74) is 4.39. The van der Waals surface area contributed by atoms with Gasteiger partial charge < -0.3 is 20.1 Å². The standard InChI is InChI=1S/C32H36FN4O3/c1-4-26(38)18-27(39)16-17-37-30(21(2)3)29(36-31(37)24-11-13-25(33)14-12-24)32(40)35-20-22-10-15-28(34-19-22)23-8-6-5-7-9-23/h5-15,19,21,26-27,38-39H,1,4,16-18,20H2,2-3H3,(H,35,40). The average molecular weight is 544 g/mol. The highest BCUT2D eigenvalue weighted by atomic mass is 19.1. The maximum atomic E-state index is 13.7. The average Bonchev–Trinajstić information content (AvgIpc) is 3.36. The highest BCUT2D eigenvalue weighted by Gasteiger charge is 2.26. The van der Waals surface area contributed by atoms with Crippen molar-refractivity contribution in [2.75, 3.05) is 0 Å². The third-order valence-corrected chi connectivity index (χ3v) is 6.78. The largest absolute Gasteiger partial charge is 0.393 e. The summed E-state index contributed by atoms with van der Waals surface area (Å²) in [5.74, 6) is -0.233. The van der Waals surface area contributed by atoms with Gasteiger partial charge in [0.15, 0.2) is 0 Å². The van der Waals surface area contributed by atoms with E-state index >= 15 is 0 Å². The lowest BCUT2D eigenvalue weighted by molar-refractivity contribution is 0.0742. The number of benzene rings is 2. The fourth-order valence-electron chi connectivity index (χ4n) is 4.67. The topological polar surface area (TPSA) is 100 Å². The number of hydrogen-bond donors (Lipinski definition) is 3. The Hall–Kier alpha value is -3.88. The van der Waals surface area contributed by atoms with E-state index in [1.807, 2.05) is 60.9 Å². The minimum Gasteiger partial charge on any atom is -0.393 e. The lowest BCUT2D eigenvalue weighted by Crippen LogP contribution is -2.25. The third-order valence-electron chi connectivity index (χ3n) is 6.78. The molecule has 0 aliphatic carbocycles. The molecule has 7 nitrogen and oxygen atoms in total. The van der Waals surface area contributed by atoms with E-state index in [1.54, 1.807) is 18.3 Å². The molecule has 40 heavy (non-hydrogen) atoms. The molecule has 0 bridgehead atoms. The van der Waals surface area contributed by atoms with Crippen LogP contribution in [0.3, 0.4) is 0 Å². The normalized spacial score (nSPS) is 12.9. The van der Waals surface area contributed by atoms with Gasteiger partial charge in [-0.3, -0.25) is 9.78 Å². The van der Waals surface area contributed by atoms with Gasteiger partial charge in [-0.15, -0.1) is 0 Å². The van der Waals surface area contributed by atoms with Crippen LogP contribution in [-0.2, 0) is 13.1 Å². The number of hydrogen-bond acceptors (Lipinski definition) is 5. The lowest BCUT2D eigenvalue weighted by Gasteiger charge is -2.18. The molecule has 2 atom stereocenters. The van der Waals surface area contributed by atoms with E-state index in [0.717, 1.165) is 22.5 Å². The molecule has 0 aliphatic heterocycles. The predicted octanol–water partition coefficient (Wildman–Crippen LogP) is 5.53. The minimum atomic E-state index is -0.746. The van der Waals surface area contributed by atoms with Crippen molar-refractivity contribution < 1.29 is 19.4 Å². The van der Waals surface area contributed by atoms with Crippen LogP contribution in [0.15, 0.2) is 72.9 Å². The summed E-state index contributed by atoms with van der Waals surface area (Å²) in [4.78, 5) is 22.7. The first-order valence-electron chi connectivity index (χ1n) is 13.6. The van der Waals surface area contributed by atoms with Crippen LogP contribution in [0.25, 0.3) is 22.6 Å². The van der Waals surface area contributed by atoms with Crippen LogP contribution in [0.4, 0.5) is 4.39 Å². The number of halogens is 1. The Labute approximate surface area is 234 Å². The van der Waals surface area contributed by atoms with Crippen LogP contribution in [0.2, 0.25) is 0 Å². The molecule has 8 heteroatoms. The van der Waals surface area contributed by atoms with Gasteiger partial charge in [-0.05, 0) is 61.1 Å². The van der Waals surface area contributed by atoms with E-state index in [9.17, 15) is 19.4 Å². The van der Waals surface area contributed by atoms with E-state index < -0.39 is 12.2 Å². The monoisotopic (exact) mass is 543 g/mol. The van der Waals surface area contributed by atoms with Gasteiger partial charge in [-0.1, -0.05) is 57.2 Å². The second-order valence-corrected chi connectivity index (χ2v) is 10.2.